The Labute approximate surface area is 75.9 Å². The van der Waals surface area contributed by atoms with E-state index >= 15 is 0 Å². The SMILES string of the molecule is CC(C)(C)CC(O)(CN)C(F)(F)F. The first-order valence-corrected chi connectivity index (χ1v) is 4.01. The number of hydrogen-bond acceptors (Lipinski definition) is 2. The van der Waals surface area contributed by atoms with Gasteiger partial charge in [0, 0.05) is 6.54 Å². The second-order valence-electron chi connectivity index (χ2n) is 4.47. The molecular weight excluding hydrogens is 183 g/mol. The molecule has 80 valence electrons. The van der Waals surface area contributed by atoms with Crippen molar-refractivity contribution in [2.75, 3.05) is 6.54 Å². The van der Waals surface area contributed by atoms with Crippen LogP contribution < -0.4 is 5.73 Å². The van der Waals surface area contributed by atoms with Gasteiger partial charge in [-0.2, -0.15) is 13.2 Å². The average Bonchev–Trinajstić information content (AvgIpc) is 1.81. The molecule has 0 spiro atoms. The van der Waals surface area contributed by atoms with Gasteiger partial charge >= 0.3 is 6.18 Å². The third kappa shape index (κ3) is 3.52. The van der Waals surface area contributed by atoms with Crippen molar-refractivity contribution in [1.82, 2.24) is 0 Å². The summed E-state index contributed by atoms with van der Waals surface area (Å²) < 4.78 is 36.9. The van der Waals surface area contributed by atoms with Crippen molar-refractivity contribution >= 4 is 0 Å². The standard InChI is InChI=1S/C8H16F3NO/c1-6(2,3)4-7(13,5-12)8(9,10)11/h13H,4-5,12H2,1-3H3. The number of rotatable bonds is 2. The molecule has 0 heterocycles. The zero-order valence-corrected chi connectivity index (χ0v) is 8.07. The molecule has 0 aliphatic rings. The van der Waals surface area contributed by atoms with Crippen LogP contribution in [-0.4, -0.2) is 23.4 Å². The maximum atomic E-state index is 12.3. The van der Waals surface area contributed by atoms with E-state index in [0.717, 1.165) is 0 Å². The van der Waals surface area contributed by atoms with Gasteiger partial charge in [-0.15, -0.1) is 0 Å². The van der Waals surface area contributed by atoms with Gasteiger partial charge in [-0.3, -0.25) is 0 Å². The number of hydrogen-bond donors (Lipinski definition) is 2. The zero-order chi connectivity index (χ0) is 10.9. The maximum Gasteiger partial charge on any atom is 0.418 e. The van der Waals surface area contributed by atoms with Crippen LogP contribution in [-0.2, 0) is 0 Å². The molecule has 0 bridgehead atoms. The summed E-state index contributed by atoms with van der Waals surface area (Å²) in [6.45, 7) is 4.08. The molecule has 5 heteroatoms. The molecule has 2 nitrogen and oxygen atoms in total. The second kappa shape index (κ2) is 3.46. The molecule has 0 fully saturated rings. The maximum absolute atomic E-state index is 12.3. The van der Waals surface area contributed by atoms with Gasteiger partial charge in [0.25, 0.3) is 0 Å². The fraction of sp³-hybridized carbons (Fsp3) is 1.00. The molecule has 3 N–H and O–H groups in total. The Bertz CT molecular complexity index is 173. The first-order valence-electron chi connectivity index (χ1n) is 4.01. The van der Waals surface area contributed by atoms with E-state index in [0.29, 0.717) is 0 Å². The molecular formula is C8H16F3NO. The van der Waals surface area contributed by atoms with E-state index in [4.69, 9.17) is 5.73 Å². The Kier molecular flexibility index (Phi) is 3.38. The molecule has 1 unspecified atom stereocenters. The first kappa shape index (κ1) is 12.7. The van der Waals surface area contributed by atoms with E-state index in [2.05, 4.69) is 0 Å². The lowest BCUT2D eigenvalue weighted by atomic mass is 9.81. The molecule has 13 heavy (non-hydrogen) atoms. The van der Waals surface area contributed by atoms with Crippen LogP contribution in [0, 0.1) is 5.41 Å². The Morgan fingerprint density at radius 2 is 1.54 bits per heavy atom. The number of nitrogens with two attached hydrogens (primary N) is 1. The van der Waals surface area contributed by atoms with E-state index in [1.54, 1.807) is 20.8 Å². The first-order chi connectivity index (χ1) is 5.52. The van der Waals surface area contributed by atoms with Crippen molar-refractivity contribution in [3.8, 4) is 0 Å². The van der Waals surface area contributed by atoms with Crippen LogP contribution in [0.4, 0.5) is 13.2 Å². The Hall–Kier alpha value is -0.290. The predicted octanol–water partition coefficient (Wildman–Crippen LogP) is 1.67. The Morgan fingerprint density at radius 3 is 1.62 bits per heavy atom. The van der Waals surface area contributed by atoms with Crippen LogP contribution in [0.1, 0.15) is 27.2 Å². The molecule has 0 aliphatic carbocycles. The summed E-state index contributed by atoms with van der Waals surface area (Å²) in [6, 6.07) is 0. The minimum atomic E-state index is -4.66. The largest absolute Gasteiger partial charge is 0.418 e. The average molecular weight is 199 g/mol. The van der Waals surface area contributed by atoms with E-state index in [-0.39, 0.29) is 6.42 Å². The van der Waals surface area contributed by atoms with Crippen molar-refractivity contribution < 1.29 is 18.3 Å². The van der Waals surface area contributed by atoms with Crippen LogP contribution in [0.5, 0.6) is 0 Å². The van der Waals surface area contributed by atoms with Gasteiger partial charge in [-0.1, -0.05) is 20.8 Å². The predicted molar refractivity (Wildman–Crippen MR) is 44.1 cm³/mol. The van der Waals surface area contributed by atoms with Crippen molar-refractivity contribution in [3.63, 3.8) is 0 Å². The van der Waals surface area contributed by atoms with Gasteiger partial charge in [0.15, 0.2) is 5.60 Å². The van der Waals surface area contributed by atoms with Crippen LogP contribution in [0.3, 0.4) is 0 Å². The summed E-state index contributed by atoms with van der Waals surface area (Å²) in [6.07, 6.45) is -5.05. The van der Waals surface area contributed by atoms with E-state index in [1.165, 1.54) is 0 Å². The fourth-order valence-electron chi connectivity index (χ4n) is 1.17. The molecule has 0 saturated heterocycles. The lowest BCUT2D eigenvalue weighted by molar-refractivity contribution is -0.264. The molecule has 0 aromatic rings. The summed E-state index contributed by atoms with van der Waals surface area (Å²) >= 11 is 0. The Balaban J connectivity index is 4.67. The molecule has 0 radical (unpaired) electrons. The fourth-order valence-corrected chi connectivity index (χ4v) is 1.17. The summed E-state index contributed by atoms with van der Waals surface area (Å²) in [5.74, 6) is 0. The van der Waals surface area contributed by atoms with Gasteiger partial charge < -0.3 is 10.8 Å². The van der Waals surface area contributed by atoms with Crippen LogP contribution >= 0.6 is 0 Å². The van der Waals surface area contributed by atoms with Crippen molar-refractivity contribution in [2.45, 2.75) is 39.0 Å². The van der Waals surface area contributed by atoms with E-state index in [1.807, 2.05) is 0 Å². The zero-order valence-electron chi connectivity index (χ0n) is 8.07. The number of alkyl halides is 3. The van der Waals surface area contributed by atoms with Crippen LogP contribution in [0.25, 0.3) is 0 Å². The highest BCUT2D eigenvalue weighted by molar-refractivity contribution is 4.91. The molecule has 0 aromatic carbocycles. The van der Waals surface area contributed by atoms with Crippen molar-refractivity contribution in [1.29, 1.82) is 0 Å². The smallest absolute Gasteiger partial charge is 0.379 e. The van der Waals surface area contributed by atoms with Gasteiger partial charge in [-0.05, 0) is 11.8 Å². The minimum Gasteiger partial charge on any atom is -0.379 e. The summed E-state index contributed by atoms with van der Waals surface area (Å²) in [7, 11) is 0. The molecule has 0 aromatic heterocycles. The molecule has 0 amide bonds. The highest BCUT2D eigenvalue weighted by Gasteiger charge is 2.54. The van der Waals surface area contributed by atoms with Gasteiger partial charge in [-0.25, -0.2) is 0 Å². The molecule has 0 saturated carbocycles. The van der Waals surface area contributed by atoms with E-state index in [9.17, 15) is 18.3 Å². The number of aliphatic hydroxyl groups is 1. The normalized spacial score (nSPS) is 18.5. The highest BCUT2D eigenvalue weighted by atomic mass is 19.4. The van der Waals surface area contributed by atoms with Gasteiger partial charge in [0.2, 0.25) is 0 Å². The summed E-state index contributed by atoms with van der Waals surface area (Å²) in [5.41, 5.74) is 1.56. The van der Waals surface area contributed by atoms with Gasteiger partial charge in [0.1, 0.15) is 0 Å². The third-order valence-corrected chi connectivity index (χ3v) is 1.69. The van der Waals surface area contributed by atoms with E-state index < -0.39 is 23.7 Å². The molecule has 0 aliphatic heterocycles. The number of halogens is 3. The summed E-state index contributed by atoms with van der Waals surface area (Å²) in [5, 5.41) is 9.24. The summed E-state index contributed by atoms with van der Waals surface area (Å²) in [4.78, 5) is 0. The lowest BCUT2D eigenvalue weighted by Crippen LogP contribution is -2.53. The Morgan fingerprint density at radius 1 is 1.15 bits per heavy atom. The second-order valence-corrected chi connectivity index (χ2v) is 4.47. The van der Waals surface area contributed by atoms with Crippen LogP contribution in [0.2, 0.25) is 0 Å². The van der Waals surface area contributed by atoms with Crippen molar-refractivity contribution in [2.24, 2.45) is 11.1 Å². The minimum absolute atomic E-state index is 0.389. The van der Waals surface area contributed by atoms with Gasteiger partial charge in [0.05, 0.1) is 0 Å². The quantitative estimate of drug-likeness (QED) is 0.710. The van der Waals surface area contributed by atoms with Crippen LogP contribution in [0.15, 0.2) is 0 Å². The third-order valence-electron chi connectivity index (χ3n) is 1.69. The molecule has 1 atom stereocenters. The molecule has 0 rings (SSSR count). The highest BCUT2D eigenvalue weighted by Crippen LogP contribution is 2.38. The lowest BCUT2D eigenvalue weighted by Gasteiger charge is -2.34. The monoisotopic (exact) mass is 199 g/mol. The topological polar surface area (TPSA) is 46.2 Å². The van der Waals surface area contributed by atoms with Crippen molar-refractivity contribution in [3.05, 3.63) is 0 Å².